The molecule has 156 valence electrons. The molecule has 0 aliphatic heterocycles. The van der Waals surface area contributed by atoms with E-state index in [1.54, 1.807) is 36.4 Å². The summed E-state index contributed by atoms with van der Waals surface area (Å²) >= 11 is 0. The Hall–Kier alpha value is -2.71. The fourth-order valence-corrected chi connectivity index (χ4v) is 3.57. The molecule has 0 unspecified atom stereocenters. The van der Waals surface area contributed by atoms with E-state index in [-0.39, 0.29) is 35.6 Å². The number of amides is 2. The van der Waals surface area contributed by atoms with Crippen molar-refractivity contribution in [3.05, 3.63) is 54.1 Å². The van der Waals surface area contributed by atoms with E-state index < -0.39 is 10.0 Å². The molecule has 0 aliphatic carbocycles. The van der Waals surface area contributed by atoms with Crippen LogP contribution >= 0.6 is 0 Å². The lowest BCUT2D eigenvalue weighted by molar-refractivity contribution is -0.117. The standard InChI is InChI=1S/C21H27N3O4S/c1-15(2)14-21(26)24-18-8-6-17(7-9-18)23-20(25)12-13-22-29(27,28)19-10-4-16(3)5-11-19/h4-11,15,22H,12-14H2,1-3H3,(H,23,25)(H,24,26). The molecule has 2 amide bonds. The molecule has 7 nitrogen and oxygen atoms in total. The van der Waals surface area contributed by atoms with Gasteiger partial charge in [-0.1, -0.05) is 31.5 Å². The average Bonchev–Trinajstić information content (AvgIpc) is 2.63. The molecule has 3 N–H and O–H groups in total. The first kappa shape index (κ1) is 22.6. The van der Waals surface area contributed by atoms with E-state index in [0.29, 0.717) is 17.8 Å². The van der Waals surface area contributed by atoms with Gasteiger partial charge in [-0.2, -0.15) is 0 Å². The van der Waals surface area contributed by atoms with Crippen molar-refractivity contribution in [2.45, 2.75) is 38.5 Å². The van der Waals surface area contributed by atoms with Gasteiger partial charge in [-0.25, -0.2) is 13.1 Å². The Kier molecular flexibility index (Phi) is 7.92. The van der Waals surface area contributed by atoms with Gasteiger partial charge in [0.15, 0.2) is 0 Å². The number of nitrogens with one attached hydrogen (secondary N) is 3. The highest BCUT2D eigenvalue weighted by Gasteiger charge is 2.14. The number of aryl methyl sites for hydroxylation is 1. The molecule has 0 fully saturated rings. The number of carbonyl (C=O) groups excluding carboxylic acids is 2. The Balaban J connectivity index is 1.80. The monoisotopic (exact) mass is 417 g/mol. The molecule has 0 aromatic heterocycles. The van der Waals surface area contributed by atoms with Crippen LogP contribution < -0.4 is 15.4 Å². The Morgan fingerprint density at radius 2 is 1.38 bits per heavy atom. The Bertz CT molecular complexity index is 937. The first-order valence-electron chi connectivity index (χ1n) is 9.42. The quantitative estimate of drug-likeness (QED) is 0.582. The fraction of sp³-hybridized carbons (Fsp3) is 0.333. The number of anilines is 2. The molecule has 0 radical (unpaired) electrons. The van der Waals surface area contributed by atoms with Crippen LogP contribution in [0.25, 0.3) is 0 Å². The summed E-state index contributed by atoms with van der Waals surface area (Å²) < 4.78 is 26.8. The highest BCUT2D eigenvalue weighted by Crippen LogP contribution is 2.15. The van der Waals surface area contributed by atoms with Crippen molar-refractivity contribution in [2.24, 2.45) is 5.92 Å². The summed E-state index contributed by atoms with van der Waals surface area (Å²) in [4.78, 5) is 24.0. The minimum Gasteiger partial charge on any atom is -0.326 e. The first-order chi connectivity index (χ1) is 13.7. The average molecular weight is 418 g/mol. The summed E-state index contributed by atoms with van der Waals surface area (Å²) in [6.45, 7) is 5.81. The van der Waals surface area contributed by atoms with Crippen LogP contribution in [0.2, 0.25) is 0 Å². The predicted molar refractivity (Wildman–Crippen MR) is 114 cm³/mol. The van der Waals surface area contributed by atoms with Crippen molar-refractivity contribution < 1.29 is 18.0 Å². The zero-order valence-corrected chi connectivity index (χ0v) is 17.7. The van der Waals surface area contributed by atoms with Crippen LogP contribution in [0.15, 0.2) is 53.4 Å². The molecular weight excluding hydrogens is 390 g/mol. The molecule has 0 saturated heterocycles. The second-order valence-corrected chi connectivity index (χ2v) is 9.00. The number of carbonyl (C=O) groups is 2. The van der Waals surface area contributed by atoms with E-state index in [4.69, 9.17) is 0 Å². The van der Waals surface area contributed by atoms with Gasteiger partial charge >= 0.3 is 0 Å². The molecule has 0 aliphatic rings. The number of benzene rings is 2. The van der Waals surface area contributed by atoms with Gasteiger partial charge in [-0.15, -0.1) is 0 Å². The lowest BCUT2D eigenvalue weighted by Crippen LogP contribution is -2.27. The van der Waals surface area contributed by atoms with Crippen LogP contribution in [0, 0.1) is 12.8 Å². The molecule has 2 aromatic rings. The van der Waals surface area contributed by atoms with Crippen LogP contribution in [0.1, 0.15) is 32.3 Å². The van der Waals surface area contributed by atoms with Gasteiger partial charge in [0.25, 0.3) is 0 Å². The third kappa shape index (κ3) is 7.67. The lowest BCUT2D eigenvalue weighted by atomic mass is 10.1. The zero-order chi connectivity index (χ0) is 21.4. The van der Waals surface area contributed by atoms with Crippen molar-refractivity contribution in [1.29, 1.82) is 0 Å². The smallest absolute Gasteiger partial charge is 0.240 e. The zero-order valence-electron chi connectivity index (χ0n) is 16.9. The van der Waals surface area contributed by atoms with Crippen molar-refractivity contribution in [3.8, 4) is 0 Å². The van der Waals surface area contributed by atoms with Crippen molar-refractivity contribution in [2.75, 3.05) is 17.2 Å². The summed E-state index contributed by atoms with van der Waals surface area (Å²) in [5.41, 5.74) is 2.19. The van der Waals surface area contributed by atoms with Crippen LogP contribution in [-0.2, 0) is 19.6 Å². The molecule has 8 heteroatoms. The Morgan fingerprint density at radius 3 is 1.90 bits per heavy atom. The SMILES string of the molecule is Cc1ccc(S(=O)(=O)NCCC(=O)Nc2ccc(NC(=O)CC(C)C)cc2)cc1. The van der Waals surface area contributed by atoms with Gasteiger partial charge in [-0.3, -0.25) is 9.59 Å². The Labute approximate surface area is 172 Å². The topological polar surface area (TPSA) is 104 Å². The number of sulfonamides is 1. The van der Waals surface area contributed by atoms with Gasteiger partial charge in [-0.05, 0) is 49.2 Å². The molecule has 0 bridgehead atoms. The van der Waals surface area contributed by atoms with Gasteiger partial charge in [0.1, 0.15) is 0 Å². The minimum absolute atomic E-state index is 0.00202. The van der Waals surface area contributed by atoms with Gasteiger partial charge in [0.2, 0.25) is 21.8 Å². The van der Waals surface area contributed by atoms with E-state index in [0.717, 1.165) is 5.56 Å². The number of rotatable bonds is 9. The van der Waals surface area contributed by atoms with E-state index >= 15 is 0 Å². The third-order valence-electron chi connectivity index (χ3n) is 4.02. The normalized spacial score (nSPS) is 11.3. The third-order valence-corrected chi connectivity index (χ3v) is 5.50. The van der Waals surface area contributed by atoms with Crippen molar-refractivity contribution in [3.63, 3.8) is 0 Å². The predicted octanol–water partition coefficient (Wildman–Crippen LogP) is 3.29. The van der Waals surface area contributed by atoms with E-state index in [1.165, 1.54) is 12.1 Å². The highest BCUT2D eigenvalue weighted by atomic mass is 32.2. The van der Waals surface area contributed by atoms with Gasteiger partial charge in [0, 0.05) is 30.8 Å². The molecule has 0 heterocycles. The van der Waals surface area contributed by atoms with Crippen LogP contribution in [0.3, 0.4) is 0 Å². The summed E-state index contributed by atoms with van der Waals surface area (Å²) in [5.74, 6) is -0.0946. The Morgan fingerprint density at radius 1 is 0.862 bits per heavy atom. The fourth-order valence-electron chi connectivity index (χ4n) is 2.54. The highest BCUT2D eigenvalue weighted by molar-refractivity contribution is 7.89. The molecule has 0 saturated carbocycles. The van der Waals surface area contributed by atoms with Crippen molar-refractivity contribution >= 4 is 33.2 Å². The summed E-state index contributed by atoms with van der Waals surface area (Å²) in [6.07, 6.45) is 0.439. The number of hydrogen-bond acceptors (Lipinski definition) is 4. The lowest BCUT2D eigenvalue weighted by Gasteiger charge is -2.10. The van der Waals surface area contributed by atoms with E-state index in [1.807, 2.05) is 20.8 Å². The van der Waals surface area contributed by atoms with Crippen LogP contribution in [0.5, 0.6) is 0 Å². The summed E-state index contributed by atoms with van der Waals surface area (Å²) in [5, 5.41) is 5.50. The molecular formula is C21H27N3O4S. The van der Waals surface area contributed by atoms with Gasteiger partial charge < -0.3 is 10.6 Å². The maximum absolute atomic E-state index is 12.2. The molecule has 2 aromatic carbocycles. The molecule has 0 atom stereocenters. The molecule has 0 spiro atoms. The maximum Gasteiger partial charge on any atom is 0.240 e. The molecule has 2 rings (SSSR count). The molecule has 29 heavy (non-hydrogen) atoms. The van der Waals surface area contributed by atoms with Gasteiger partial charge in [0.05, 0.1) is 4.90 Å². The number of hydrogen-bond donors (Lipinski definition) is 3. The second kappa shape index (κ2) is 10.2. The summed E-state index contributed by atoms with van der Waals surface area (Å²) in [7, 11) is -3.64. The van der Waals surface area contributed by atoms with E-state index in [2.05, 4.69) is 15.4 Å². The minimum atomic E-state index is -3.64. The maximum atomic E-state index is 12.2. The van der Waals surface area contributed by atoms with Crippen LogP contribution in [0.4, 0.5) is 11.4 Å². The van der Waals surface area contributed by atoms with E-state index in [9.17, 15) is 18.0 Å². The van der Waals surface area contributed by atoms with Crippen LogP contribution in [-0.4, -0.2) is 26.8 Å². The van der Waals surface area contributed by atoms with Crippen molar-refractivity contribution in [1.82, 2.24) is 4.72 Å². The second-order valence-electron chi connectivity index (χ2n) is 7.23. The first-order valence-corrected chi connectivity index (χ1v) is 10.9. The largest absolute Gasteiger partial charge is 0.326 e. The summed E-state index contributed by atoms with van der Waals surface area (Å²) in [6, 6.07) is 13.3.